The molecular formula is C12H22O2. The summed E-state index contributed by atoms with van der Waals surface area (Å²) >= 11 is 0. The third kappa shape index (κ3) is 2.12. The molecule has 1 saturated carbocycles. The Morgan fingerprint density at radius 1 is 1.36 bits per heavy atom. The highest BCUT2D eigenvalue weighted by atomic mass is 16.5. The van der Waals surface area contributed by atoms with Crippen molar-refractivity contribution in [2.75, 3.05) is 6.61 Å². The molecule has 14 heavy (non-hydrogen) atoms. The van der Waals surface area contributed by atoms with E-state index in [9.17, 15) is 5.11 Å². The van der Waals surface area contributed by atoms with Crippen LogP contribution in [0.15, 0.2) is 0 Å². The Labute approximate surface area is 86.6 Å². The Bertz CT molecular complexity index is 177. The largest absolute Gasteiger partial charge is 0.393 e. The van der Waals surface area contributed by atoms with Crippen LogP contribution in [0.2, 0.25) is 0 Å². The fraction of sp³-hybridized carbons (Fsp3) is 1.00. The minimum atomic E-state index is -0.104. The van der Waals surface area contributed by atoms with Crippen molar-refractivity contribution >= 4 is 0 Å². The standard InChI is InChI=1S/C12H22O2/c1-2-12-10(6-7-14-12)11(13)8-9-4-3-5-9/h9-13H,2-8H2,1H3. The highest BCUT2D eigenvalue weighted by Gasteiger charge is 2.34. The zero-order valence-electron chi connectivity index (χ0n) is 9.11. The number of rotatable bonds is 4. The zero-order valence-corrected chi connectivity index (χ0v) is 9.11. The molecule has 3 atom stereocenters. The number of hydrogen-bond acceptors (Lipinski definition) is 2. The van der Waals surface area contributed by atoms with Crippen LogP contribution in [0, 0.1) is 11.8 Å². The molecule has 1 N–H and O–H groups in total. The van der Waals surface area contributed by atoms with Crippen molar-refractivity contribution in [3.05, 3.63) is 0 Å². The van der Waals surface area contributed by atoms with Crippen LogP contribution in [0.1, 0.15) is 45.4 Å². The maximum absolute atomic E-state index is 10.1. The van der Waals surface area contributed by atoms with Gasteiger partial charge in [-0.15, -0.1) is 0 Å². The van der Waals surface area contributed by atoms with Crippen LogP contribution in [0.5, 0.6) is 0 Å². The van der Waals surface area contributed by atoms with E-state index in [1.165, 1.54) is 19.3 Å². The predicted molar refractivity (Wildman–Crippen MR) is 56.1 cm³/mol. The highest BCUT2D eigenvalue weighted by molar-refractivity contribution is 4.84. The Kier molecular flexibility index (Phi) is 3.45. The smallest absolute Gasteiger partial charge is 0.0626 e. The van der Waals surface area contributed by atoms with Crippen LogP contribution in [-0.2, 0) is 4.74 Å². The molecule has 2 nitrogen and oxygen atoms in total. The van der Waals surface area contributed by atoms with Crippen molar-refractivity contribution in [1.82, 2.24) is 0 Å². The van der Waals surface area contributed by atoms with Crippen LogP contribution < -0.4 is 0 Å². The normalized spacial score (nSPS) is 35.6. The Balaban J connectivity index is 1.79. The topological polar surface area (TPSA) is 29.5 Å². The summed E-state index contributed by atoms with van der Waals surface area (Å²) in [6.45, 7) is 3.00. The van der Waals surface area contributed by atoms with E-state index in [4.69, 9.17) is 4.74 Å². The molecule has 2 aliphatic rings. The molecule has 0 amide bonds. The van der Waals surface area contributed by atoms with Gasteiger partial charge in [-0.1, -0.05) is 26.2 Å². The summed E-state index contributed by atoms with van der Waals surface area (Å²) < 4.78 is 5.61. The van der Waals surface area contributed by atoms with Gasteiger partial charge in [0.15, 0.2) is 0 Å². The van der Waals surface area contributed by atoms with Crippen LogP contribution in [0.4, 0.5) is 0 Å². The molecule has 2 rings (SSSR count). The van der Waals surface area contributed by atoms with E-state index in [1.54, 1.807) is 0 Å². The summed E-state index contributed by atoms with van der Waals surface area (Å²) in [5.74, 6) is 1.23. The summed E-state index contributed by atoms with van der Waals surface area (Å²) in [6, 6.07) is 0. The highest BCUT2D eigenvalue weighted by Crippen LogP contribution is 2.35. The minimum absolute atomic E-state index is 0.104. The molecule has 1 heterocycles. The van der Waals surface area contributed by atoms with Crippen LogP contribution in [-0.4, -0.2) is 23.9 Å². The molecule has 0 aromatic carbocycles. The van der Waals surface area contributed by atoms with Crippen molar-refractivity contribution in [3.8, 4) is 0 Å². The fourth-order valence-corrected chi connectivity index (χ4v) is 2.77. The van der Waals surface area contributed by atoms with Crippen LogP contribution >= 0.6 is 0 Å². The lowest BCUT2D eigenvalue weighted by Gasteiger charge is -2.31. The third-order valence-corrected chi connectivity index (χ3v) is 3.96. The molecule has 1 aliphatic carbocycles. The first-order chi connectivity index (χ1) is 6.81. The predicted octanol–water partition coefficient (Wildman–Crippen LogP) is 2.35. The van der Waals surface area contributed by atoms with Crippen molar-refractivity contribution in [3.63, 3.8) is 0 Å². The molecule has 0 bridgehead atoms. The summed E-state index contributed by atoms with van der Waals surface area (Å²) in [4.78, 5) is 0. The minimum Gasteiger partial charge on any atom is -0.393 e. The average Bonchev–Trinajstić information content (AvgIpc) is 2.58. The van der Waals surface area contributed by atoms with Crippen molar-refractivity contribution in [1.29, 1.82) is 0 Å². The van der Waals surface area contributed by atoms with Crippen LogP contribution in [0.25, 0.3) is 0 Å². The number of hydrogen-bond donors (Lipinski definition) is 1. The molecule has 3 unspecified atom stereocenters. The van der Waals surface area contributed by atoms with E-state index in [0.29, 0.717) is 12.0 Å². The summed E-state index contributed by atoms with van der Waals surface area (Å²) in [5, 5.41) is 10.1. The van der Waals surface area contributed by atoms with Crippen LogP contribution in [0.3, 0.4) is 0 Å². The molecule has 2 heteroatoms. The number of aliphatic hydroxyl groups excluding tert-OH is 1. The quantitative estimate of drug-likeness (QED) is 0.751. The van der Waals surface area contributed by atoms with Crippen molar-refractivity contribution in [2.45, 2.75) is 57.7 Å². The van der Waals surface area contributed by atoms with Gasteiger partial charge in [-0.25, -0.2) is 0 Å². The van der Waals surface area contributed by atoms with Gasteiger partial charge >= 0.3 is 0 Å². The lowest BCUT2D eigenvalue weighted by Crippen LogP contribution is -2.31. The van der Waals surface area contributed by atoms with Gasteiger partial charge in [0.1, 0.15) is 0 Å². The average molecular weight is 198 g/mol. The molecule has 0 aromatic heterocycles. The number of ether oxygens (including phenoxy) is 1. The zero-order chi connectivity index (χ0) is 9.97. The lowest BCUT2D eigenvalue weighted by atomic mass is 9.78. The summed E-state index contributed by atoms with van der Waals surface area (Å²) in [7, 11) is 0. The second-order valence-corrected chi connectivity index (χ2v) is 4.87. The molecule has 0 aromatic rings. The SMILES string of the molecule is CCC1OCCC1C(O)CC1CCC1. The first-order valence-electron chi connectivity index (χ1n) is 6.11. The molecule has 1 saturated heterocycles. The summed E-state index contributed by atoms with van der Waals surface area (Å²) in [6.07, 6.45) is 7.39. The van der Waals surface area contributed by atoms with Gasteiger partial charge in [0, 0.05) is 12.5 Å². The molecule has 1 aliphatic heterocycles. The van der Waals surface area contributed by atoms with E-state index >= 15 is 0 Å². The molecule has 82 valence electrons. The van der Waals surface area contributed by atoms with E-state index in [-0.39, 0.29) is 6.10 Å². The first-order valence-corrected chi connectivity index (χ1v) is 6.11. The Morgan fingerprint density at radius 3 is 2.71 bits per heavy atom. The Morgan fingerprint density at radius 2 is 2.14 bits per heavy atom. The van der Waals surface area contributed by atoms with Crippen molar-refractivity contribution < 1.29 is 9.84 Å². The second kappa shape index (κ2) is 4.63. The lowest BCUT2D eigenvalue weighted by molar-refractivity contribution is 0.0138. The van der Waals surface area contributed by atoms with E-state index in [1.807, 2.05) is 0 Å². The number of aliphatic hydroxyl groups is 1. The van der Waals surface area contributed by atoms with Gasteiger partial charge in [-0.2, -0.15) is 0 Å². The maximum atomic E-state index is 10.1. The van der Waals surface area contributed by atoms with E-state index < -0.39 is 0 Å². The van der Waals surface area contributed by atoms with E-state index in [0.717, 1.165) is 31.8 Å². The van der Waals surface area contributed by atoms with Gasteiger partial charge in [0.05, 0.1) is 12.2 Å². The molecule has 0 radical (unpaired) electrons. The van der Waals surface area contributed by atoms with Gasteiger partial charge in [-0.3, -0.25) is 0 Å². The monoisotopic (exact) mass is 198 g/mol. The molecule has 2 fully saturated rings. The van der Waals surface area contributed by atoms with Gasteiger partial charge in [-0.05, 0) is 25.2 Å². The second-order valence-electron chi connectivity index (χ2n) is 4.87. The maximum Gasteiger partial charge on any atom is 0.0626 e. The molecule has 0 spiro atoms. The van der Waals surface area contributed by atoms with Gasteiger partial charge in [0.2, 0.25) is 0 Å². The van der Waals surface area contributed by atoms with E-state index in [2.05, 4.69) is 6.92 Å². The van der Waals surface area contributed by atoms with Crippen molar-refractivity contribution in [2.24, 2.45) is 11.8 Å². The third-order valence-electron chi connectivity index (χ3n) is 3.96. The summed E-state index contributed by atoms with van der Waals surface area (Å²) in [5.41, 5.74) is 0. The Hall–Kier alpha value is -0.0800. The van der Waals surface area contributed by atoms with Gasteiger partial charge < -0.3 is 9.84 Å². The molecular weight excluding hydrogens is 176 g/mol. The fourth-order valence-electron chi connectivity index (χ4n) is 2.77. The van der Waals surface area contributed by atoms with Gasteiger partial charge in [0.25, 0.3) is 0 Å². The first kappa shape index (κ1) is 10.4.